The molecule has 1 aromatic carbocycles. The Morgan fingerprint density at radius 2 is 1.93 bits per heavy atom. The minimum Gasteiger partial charge on any atom is -0.486 e. The predicted molar refractivity (Wildman–Crippen MR) is 105 cm³/mol. The molecule has 0 aliphatic carbocycles. The first-order valence-corrected chi connectivity index (χ1v) is 9.42. The molecule has 6 nitrogen and oxygen atoms in total. The first-order chi connectivity index (χ1) is 13.0. The van der Waals surface area contributed by atoms with E-state index in [1.54, 1.807) is 12.3 Å². The zero-order valence-electron chi connectivity index (χ0n) is 15.0. The summed E-state index contributed by atoms with van der Waals surface area (Å²) in [5.74, 6) is 1.97. The lowest BCUT2D eigenvalue weighted by Gasteiger charge is -2.20. The number of fused-ring (bicyclic) bond motifs is 1. The fourth-order valence-electron chi connectivity index (χ4n) is 3.18. The maximum atomic E-state index is 12.9. The molecule has 7 heteroatoms. The van der Waals surface area contributed by atoms with Crippen molar-refractivity contribution in [1.29, 1.82) is 0 Å². The fraction of sp³-hybridized carbons (Fsp3) is 0.250. The molecule has 0 atom stereocenters. The van der Waals surface area contributed by atoms with E-state index in [-0.39, 0.29) is 5.91 Å². The molecular weight excluding hydrogens is 412 g/mol. The van der Waals surface area contributed by atoms with Crippen LogP contribution in [0.3, 0.4) is 0 Å². The molecule has 3 heterocycles. The summed E-state index contributed by atoms with van der Waals surface area (Å²) >= 11 is 3.49. The summed E-state index contributed by atoms with van der Waals surface area (Å²) in [6.07, 6.45) is 1.65. The van der Waals surface area contributed by atoms with Crippen molar-refractivity contribution in [2.24, 2.45) is 0 Å². The molecule has 0 bridgehead atoms. The number of carbonyl (C=O) groups is 1. The molecule has 0 spiro atoms. The van der Waals surface area contributed by atoms with Crippen molar-refractivity contribution < 1.29 is 18.7 Å². The molecule has 27 heavy (non-hydrogen) atoms. The number of anilines is 1. The van der Waals surface area contributed by atoms with Gasteiger partial charge in [-0.3, -0.25) is 4.79 Å². The number of benzene rings is 1. The van der Waals surface area contributed by atoms with Gasteiger partial charge in [-0.05, 0) is 48.0 Å². The summed E-state index contributed by atoms with van der Waals surface area (Å²) in [5, 5.41) is 2.96. The second kappa shape index (κ2) is 7.15. The van der Waals surface area contributed by atoms with Crippen LogP contribution in [-0.2, 0) is 6.54 Å². The standard InChI is InChI=1S/C20H19BrN2O4/c1-12-8-15(13(2)23(12)11-14-4-3-5-25-14)20(24)22-17-10-19-18(9-16(17)21)26-6-7-27-19/h3-5,8-10H,6-7,11H2,1-2H3,(H,22,24). The maximum Gasteiger partial charge on any atom is 0.257 e. The first kappa shape index (κ1) is 17.7. The molecular formula is C20H19BrN2O4. The Bertz CT molecular complexity index is 992. The number of aromatic nitrogens is 1. The third-order valence-corrected chi connectivity index (χ3v) is 5.25. The van der Waals surface area contributed by atoms with Crippen LogP contribution in [0.1, 0.15) is 27.5 Å². The number of halogens is 1. The SMILES string of the molecule is Cc1cc(C(=O)Nc2cc3c(cc2Br)OCCO3)c(C)n1Cc1ccco1. The highest BCUT2D eigenvalue weighted by molar-refractivity contribution is 9.10. The van der Waals surface area contributed by atoms with E-state index >= 15 is 0 Å². The van der Waals surface area contributed by atoms with E-state index in [0.717, 1.165) is 21.6 Å². The Hall–Kier alpha value is -2.67. The van der Waals surface area contributed by atoms with Crippen LogP contribution in [0.2, 0.25) is 0 Å². The van der Waals surface area contributed by atoms with Crippen molar-refractivity contribution >= 4 is 27.5 Å². The lowest BCUT2D eigenvalue weighted by Crippen LogP contribution is -2.17. The number of aryl methyl sites for hydroxylation is 1. The Morgan fingerprint density at radius 3 is 2.63 bits per heavy atom. The molecule has 4 rings (SSSR count). The second-order valence-corrected chi connectivity index (χ2v) is 7.23. The van der Waals surface area contributed by atoms with E-state index < -0.39 is 0 Å². The Balaban J connectivity index is 1.59. The lowest BCUT2D eigenvalue weighted by molar-refractivity contribution is 0.102. The van der Waals surface area contributed by atoms with Crippen molar-refractivity contribution in [2.45, 2.75) is 20.4 Å². The molecule has 1 amide bonds. The van der Waals surface area contributed by atoms with E-state index in [1.807, 2.05) is 38.1 Å². The van der Waals surface area contributed by atoms with Gasteiger partial charge in [0.15, 0.2) is 11.5 Å². The van der Waals surface area contributed by atoms with Crippen LogP contribution in [-0.4, -0.2) is 23.7 Å². The van der Waals surface area contributed by atoms with Crippen molar-refractivity contribution in [3.63, 3.8) is 0 Å². The van der Waals surface area contributed by atoms with Gasteiger partial charge in [0.05, 0.1) is 24.1 Å². The predicted octanol–water partition coefficient (Wildman–Crippen LogP) is 4.53. The van der Waals surface area contributed by atoms with Crippen LogP contribution in [0, 0.1) is 13.8 Å². The zero-order valence-corrected chi connectivity index (χ0v) is 16.6. The average Bonchev–Trinajstić information content (AvgIpc) is 3.26. The van der Waals surface area contributed by atoms with Crippen LogP contribution in [0.15, 0.2) is 45.5 Å². The monoisotopic (exact) mass is 430 g/mol. The van der Waals surface area contributed by atoms with E-state index in [9.17, 15) is 4.79 Å². The smallest absolute Gasteiger partial charge is 0.257 e. The van der Waals surface area contributed by atoms with Crippen LogP contribution in [0.5, 0.6) is 11.5 Å². The Labute approximate surface area is 165 Å². The number of hydrogen-bond acceptors (Lipinski definition) is 4. The fourth-order valence-corrected chi connectivity index (χ4v) is 3.60. The number of furan rings is 1. The maximum absolute atomic E-state index is 12.9. The van der Waals surface area contributed by atoms with Gasteiger partial charge >= 0.3 is 0 Å². The van der Waals surface area contributed by atoms with Gasteiger partial charge in [0.25, 0.3) is 5.91 Å². The van der Waals surface area contributed by atoms with E-state index in [4.69, 9.17) is 13.9 Å². The van der Waals surface area contributed by atoms with Gasteiger partial charge in [0.1, 0.15) is 19.0 Å². The number of amides is 1. The van der Waals surface area contributed by atoms with Crippen molar-refractivity contribution in [1.82, 2.24) is 4.57 Å². The Morgan fingerprint density at radius 1 is 1.19 bits per heavy atom. The van der Waals surface area contributed by atoms with Gasteiger partial charge in [0, 0.05) is 28.0 Å². The number of nitrogens with zero attached hydrogens (tertiary/aromatic N) is 1. The third kappa shape index (κ3) is 3.47. The number of rotatable bonds is 4. The highest BCUT2D eigenvalue weighted by Crippen LogP contribution is 2.38. The Kier molecular flexibility index (Phi) is 4.70. The van der Waals surface area contributed by atoms with Gasteiger partial charge < -0.3 is 23.8 Å². The molecule has 0 saturated carbocycles. The minimum atomic E-state index is -0.175. The molecule has 0 radical (unpaired) electrons. The van der Waals surface area contributed by atoms with Gasteiger partial charge in [0.2, 0.25) is 0 Å². The van der Waals surface area contributed by atoms with Gasteiger partial charge in [-0.1, -0.05) is 0 Å². The average molecular weight is 431 g/mol. The van der Waals surface area contributed by atoms with Gasteiger partial charge in [-0.2, -0.15) is 0 Å². The normalized spacial score (nSPS) is 12.9. The highest BCUT2D eigenvalue weighted by Gasteiger charge is 2.20. The van der Waals surface area contributed by atoms with Crippen LogP contribution < -0.4 is 14.8 Å². The number of ether oxygens (including phenoxy) is 2. The lowest BCUT2D eigenvalue weighted by atomic mass is 10.2. The van der Waals surface area contributed by atoms with Crippen LogP contribution in [0.4, 0.5) is 5.69 Å². The second-order valence-electron chi connectivity index (χ2n) is 6.38. The highest BCUT2D eigenvalue weighted by atomic mass is 79.9. The van der Waals surface area contributed by atoms with Gasteiger partial charge in [-0.25, -0.2) is 0 Å². The van der Waals surface area contributed by atoms with Crippen LogP contribution in [0.25, 0.3) is 0 Å². The molecule has 0 fully saturated rings. The van der Waals surface area contributed by atoms with Crippen LogP contribution >= 0.6 is 15.9 Å². The molecule has 0 unspecified atom stereocenters. The molecule has 3 aromatic rings. The summed E-state index contributed by atoms with van der Waals surface area (Å²) < 4.78 is 19.4. The summed E-state index contributed by atoms with van der Waals surface area (Å²) in [4.78, 5) is 12.9. The molecule has 1 N–H and O–H groups in total. The summed E-state index contributed by atoms with van der Waals surface area (Å²) in [6.45, 7) is 5.52. The largest absolute Gasteiger partial charge is 0.486 e. The molecule has 0 saturated heterocycles. The first-order valence-electron chi connectivity index (χ1n) is 8.62. The minimum absolute atomic E-state index is 0.175. The number of nitrogens with one attached hydrogen (secondary N) is 1. The van der Waals surface area contributed by atoms with Crippen molar-refractivity contribution in [2.75, 3.05) is 18.5 Å². The van der Waals surface area contributed by atoms with Crippen molar-refractivity contribution in [3.8, 4) is 11.5 Å². The summed E-state index contributed by atoms with van der Waals surface area (Å²) in [5.41, 5.74) is 3.14. The molecule has 1 aliphatic heterocycles. The topological polar surface area (TPSA) is 65.6 Å². The van der Waals surface area contributed by atoms with E-state index in [1.165, 1.54) is 0 Å². The van der Waals surface area contributed by atoms with Crippen molar-refractivity contribution in [3.05, 3.63) is 63.8 Å². The molecule has 140 valence electrons. The molecule has 1 aliphatic rings. The summed E-state index contributed by atoms with van der Waals surface area (Å²) in [7, 11) is 0. The number of carbonyl (C=O) groups excluding carboxylic acids is 1. The van der Waals surface area contributed by atoms with E-state index in [2.05, 4.69) is 25.8 Å². The zero-order chi connectivity index (χ0) is 19.0. The molecule has 2 aromatic heterocycles. The van der Waals surface area contributed by atoms with E-state index in [0.29, 0.717) is 42.5 Å². The third-order valence-electron chi connectivity index (χ3n) is 4.59. The summed E-state index contributed by atoms with van der Waals surface area (Å²) in [6, 6.07) is 9.25. The quantitative estimate of drug-likeness (QED) is 0.659. The number of hydrogen-bond donors (Lipinski definition) is 1. The van der Waals surface area contributed by atoms with Gasteiger partial charge in [-0.15, -0.1) is 0 Å².